The van der Waals surface area contributed by atoms with Gasteiger partial charge in [0, 0.05) is 11.7 Å². The largest absolute Gasteiger partial charge is 0.465 e. The maximum Gasteiger partial charge on any atom is 0.412 e. The smallest absolute Gasteiger partial charge is 0.412 e. The molecule has 0 aliphatic carbocycles. The number of aromatic nitrogens is 2. The number of nitrogens with zero attached hydrogens (tertiary/aromatic N) is 3. The molecule has 0 aliphatic rings. The number of carbonyl (C=O) groups excluding carboxylic acids is 1. The van der Waals surface area contributed by atoms with Crippen LogP contribution in [0.4, 0.5) is 10.5 Å². The van der Waals surface area contributed by atoms with Gasteiger partial charge in [0.25, 0.3) is 5.91 Å². The van der Waals surface area contributed by atoms with E-state index in [1.807, 2.05) is 0 Å². The number of hydrogen-bond acceptors (Lipinski definition) is 3. The quantitative estimate of drug-likeness (QED) is 0.871. The van der Waals surface area contributed by atoms with Crippen molar-refractivity contribution < 1.29 is 14.7 Å². The number of fused-ring (bicyclic) bond motifs is 1. The summed E-state index contributed by atoms with van der Waals surface area (Å²) >= 11 is 0. The molecule has 7 heteroatoms. The Morgan fingerprint density at radius 2 is 2.05 bits per heavy atom. The minimum absolute atomic E-state index is 0.256. The summed E-state index contributed by atoms with van der Waals surface area (Å²) < 4.78 is 1.48. The van der Waals surface area contributed by atoms with Crippen LogP contribution in [0.2, 0.25) is 0 Å². The summed E-state index contributed by atoms with van der Waals surface area (Å²) in [5.41, 5.74) is 5.85. The maximum atomic E-state index is 11.5. The summed E-state index contributed by atoms with van der Waals surface area (Å²) in [7, 11) is 0. The highest BCUT2D eigenvalue weighted by Crippen LogP contribution is 2.26. The van der Waals surface area contributed by atoms with Crippen molar-refractivity contribution in [3.8, 4) is 0 Å². The Bertz CT molecular complexity index is 684. The molecule has 2 aromatic rings. The van der Waals surface area contributed by atoms with Crippen LogP contribution < -0.4 is 10.6 Å². The van der Waals surface area contributed by atoms with Crippen molar-refractivity contribution in [2.24, 2.45) is 5.73 Å². The zero-order valence-electron chi connectivity index (χ0n) is 11.5. The van der Waals surface area contributed by atoms with Crippen molar-refractivity contribution >= 4 is 23.2 Å². The molecule has 2 heterocycles. The van der Waals surface area contributed by atoms with E-state index in [-0.39, 0.29) is 5.56 Å². The lowest BCUT2D eigenvalue weighted by atomic mass is 10.1. The summed E-state index contributed by atoms with van der Waals surface area (Å²) in [6, 6.07) is 3.22. The van der Waals surface area contributed by atoms with E-state index in [0.717, 1.165) is 0 Å². The molecule has 0 saturated heterocycles. The molecule has 2 rings (SSSR count). The molecular weight excluding hydrogens is 260 g/mol. The highest BCUT2D eigenvalue weighted by atomic mass is 16.4. The molecule has 2 aromatic heterocycles. The van der Waals surface area contributed by atoms with Gasteiger partial charge in [0.05, 0.1) is 23.0 Å². The van der Waals surface area contributed by atoms with Gasteiger partial charge in [-0.15, -0.1) is 0 Å². The van der Waals surface area contributed by atoms with Gasteiger partial charge < -0.3 is 10.8 Å². The molecule has 7 nitrogen and oxygen atoms in total. The number of carbonyl (C=O) groups is 2. The fourth-order valence-corrected chi connectivity index (χ4v) is 2.08. The van der Waals surface area contributed by atoms with Crippen molar-refractivity contribution in [3.05, 3.63) is 30.1 Å². The second-order valence-corrected chi connectivity index (χ2v) is 5.43. The standard InChI is InChI=1S/C13H16N4O3/c1-13(2,3)17(12(19)20)8-4-5-16-10(6-8)9(7-15-16)11(14)18/h4-7H,1-3H3,(H2,14,18)(H,19,20). The van der Waals surface area contributed by atoms with E-state index in [2.05, 4.69) is 5.10 Å². The van der Waals surface area contributed by atoms with E-state index in [0.29, 0.717) is 11.2 Å². The van der Waals surface area contributed by atoms with Crippen molar-refractivity contribution in [2.45, 2.75) is 26.3 Å². The Labute approximate surface area is 115 Å². The molecule has 0 fully saturated rings. The van der Waals surface area contributed by atoms with Crippen LogP contribution in [0.25, 0.3) is 5.52 Å². The SMILES string of the molecule is CC(C)(C)N(C(=O)O)c1ccn2ncc(C(N)=O)c2c1. The normalized spacial score (nSPS) is 11.6. The van der Waals surface area contributed by atoms with Gasteiger partial charge in [-0.25, -0.2) is 9.31 Å². The Morgan fingerprint density at radius 3 is 2.55 bits per heavy atom. The summed E-state index contributed by atoms with van der Waals surface area (Å²) in [6.45, 7) is 5.37. The maximum absolute atomic E-state index is 11.5. The van der Waals surface area contributed by atoms with Crippen molar-refractivity contribution in [3.63, 3.8) is 0 Å². The first kappa shape index (κ1) is 13.9. The first-order valence-corrected chi connectivity index (χ1v) is 6.02. The van der Waals surface area contributed by atoms with E-state index in [1.54, 1.807) is 39.1 Å². The summed E-state index contributed by atoms with van der Waals surface area (Å²) in [4.78, 5) is 24.0. The van der Waals surface area contributed by atoms with Crippen LogP contribution in [0.1, 0.15) is 31.1 Å². The average Bonchev–Trinajstić information content (AvgIpc) is 2.69. The summed E-state index contributed by atoms with van der Waals surface area (Å²) in [5.74, 6) is -0.602. The minimum Gasteiger partial charge on any atom is -0.465 e. The highest BCUT2D eigenvalue weighted by Gasteiger charge is 2.28. The molecular formula is C13H16N4O3. The summed E-state index contributed by atoms with van der Waals surface area (Å²) in [6.07, 6.45) is 1.89. The number of rotatable bonds is 2. The fourth-order valence-electron chi connectivity index (χ4n) is 2.08. The van der Waals surface area contributed by atoms with E-state index in [4.69, 9.17) is 5.73 Å². The number of carboxylic acid groups (broad SMARTS) is 1. The Kier molecular flexibility index (Phi) is 3.13. The third-order valence-electron chi connectivity index (χ3n) is 2.89. The lowest BCUT2D eigenvalue weighted by Gasteiger charge is -2.33. The monoisotopic (exact) mass is 276 g/mol. The molecule has 2 amide bonds. The molecule has 3 N–H and O–H groups in total. The van der Waals surface area contributed by atoms with E-state index in [1.165, 1.54) is 15.6 Å². The van der Waals surface area contributed by atoms with Crippen LogP contribution in [0.3, 0.4) is 0 Å². The van der Waals surface area contributed by atoms with Crippen LogP contribution in [0.5, 0.6) is 0 Å². The number of hydrogen-bond donors (Lipinski definition) is 2. The van der Waals surface area contributed by atoms with Crippen molar-refractivity contribution in [1.82, 2.24) is 9.61 Å². The van der Waals surface area contributed by atoms with Gasteiger partial charge in [-0.1, -0.05) is 0 Å². The van der Waals surface area contributed by atoms with Gasteiger partial charge in [-0.2, -0.15) is 5.10 Å². The van der Waals surface area contributed by atoms with Gasteiger partial charge in [0.15, 0.2) is 0 Å². The molecule has 0 aromatic carbocycles. The zero-order chi connectivity index (χ0) is 15.1. The lowest BCUT2D eigenvalue weighted by Crippen LogP contribution is -2.45. The molecule has 0 spiro atoms. The Morgan fingerprint density at radius 1 is 1.40 bits per heavy atom. The molecule has 106 valence electrons. The van der Waals surface area contributed by atoms with Crippen LogP contribution in [0, 0.1) is 0 Å². The molecule has 0 radical (unpaired) electrons. The lowest BCUT2D eigenvalue weighted by molar-refractivity contribution is 0.100. The van der Waals surface area contributed by atoms with Crippen LogP contribution in [0.15, 0.2) is 24.5 Å². The minimum atomic E-state index is -1.07. The number of pyridine rings is 1. The number of nitrogens with two attached hydrogens (primary N) is 1. The molecule has 0 saturated carbocycles. The predicted octanol–water partition coefficient (Wildman–Crippen LogP) is 1.72. The third-order valence-corrected chi connectivity index (χ3v) is 2.89. The second-order valence-electron chi connectivity index (χ2n) is 5.43. The summed E-state index contributed by atoms with van der Waals surface area (Å²) in [5, 5.41) is 13.4. The second kappa shape index (κ2) is 4.52. The third kappa shape index (κ3) is 2.29. The molecule has 0 bridgehead atoms. The molecule has 20 heavy (non-hydrogen) atoms. The highest BCUT2D eigenvalue weighted by molar-refractivity contribution is 6.00. The number of anilines is 1. The van der Waals surface area contributed by atoms with Gasteiger partial charge in [0.1, 0.15) is 0 Å². The zero-order valence-corrected chi connectivity index (χ0v) is 11.5. The van der Waals surface area contributed by atoms with E-state index in [9.17, 15) is 14.7 Å². The van der Waals surface area contributed by atoms with Crippen LogP contribution in [-0.2, 0) is 0 Å². The average molecular weight is 276 g/mol. The van der Waals surface area contributed by atoms with E-state index >= 15 is 0 Å². The van der Waals surface area contributed by atoms with Crippen LogP contribution >= 0.6 is 0 Å². The topological polar surface area (TPSA) is 101 Å². The molecule has 0 atom stereocenters. The van der Waals surface area contributed by atoms with E-state index < -0.39 is 17.5 Å². The molecule has 0 unspecified atom stereocenters. The predicted molar refractivity (Wildman–Crippen MR) is 74.0 cm³/mol. The van der Waals surface area contributed by atoms with Gasteiger partial charge in [-0.3, -0.25) is 9.69 Å². The van der Waals surface area contributed by atoms with Crippen molar-refractivity contribution in [1.29, 1.82) is 0 Å². The Balaban J connectivity index is 2.62. The van der Waals surface area contributed by atoms with Gasteiger partial charge >= 0.3 is 6.09 Å². The van der Waals surface area contributed by atoms with Gasteiger partial charge in [-0.05, 0) is 32.9 Å². The Hall–Kier alpha value is -2.57. The first-order valence-electron chi connectivity index (χ1n) is 6.02. The first-order chi connectivity index (χ1) is 9.21. The fraction of sp³-hybridized carbons (Fsp3) is 0.308. The number of primary amides is 1. The van der Waals surface area contributed by atoms with Gasteiger partial charge in [0.2, 0.25) is 0 Å². The molecule has 0 aliphatic heterocycles. The van der Waals surface area contributed by atoms with Crippen molar-refractivity contribution in [2.75, 3.05) is 4.90 Å². The van der Waals surface area contributed by atoms with Crippen LogP contribution in [-0.4, -0.2) is 32.3 Å². The number of amides is 2.